The summed E-state index contributed by atoms with van der Waals surface area (Å²) in [7, 11) is 3.23. The zero-order valence-electron chi connectivity index (χ0n) is 12.0. The van der Waals surface area contributed by atoms with Crippen molar-refractivity contribution in [3.05, 3.63) is 23.3 Å². The number of aliphatic hydroxyl groups is 1. The molecule has 2 atom stereocenters. The fourth-order valence-electron chi connectivity index (χ4n) is 2.23. The third-order valence-electron chi connectivity index (χ3n) is 3.37. The van der Waals surface area contributed by atoms with Crippen LogP contribution in [-0.4, -0.2) is 19.3 Å². The largest absolute Gasteiger partial charge is 0.493 e. The number of ether oxygens (including phenoxy) is 2. The number of hydrogen-bond donors (Lipinski definition) is 1. The Labute approximate surface area is 110 Å². The third-order valence-corrected chi connectivity index (χ3v) is 3.37. The van der Waals surface area contributed by atoms with Crippen LogP contribution in [0.3, 0.4) is 0 Å². The maximum atomic E-state index is 10.4. The van der Waals surface area contributed by atoms with E-state index in [0.717, 1.165) is 24.0 Å². The summed E-state index contributed by atoms with van der Waals surface area (Å²) in [6, 6.07) is 3.79. The summed E-state index contributed by atoms with van der Waals surface area (Å²) in [5.41, 5.74) is 1.96. The van der Waals surface area contributed by atoms with Gasteiger partial charge >= 0.3 is 0 Å². The second kappa shape index (κ2) is 6.64. The molecule has 2 unspecified atom stereocenters. The molecule has 1 aromatic rings. The Morgan fingerprint density at radius 1 is 1.17 bits per heavy atom. The first-order valence-electron chi connectivity index (χ1n) is 6.45. The lowest BCUT2D eigenvalue weighted by Gasteiger charge is -2.22. The molecule has 0 aliphatic carbocycles. The summed E-state index contributed by atoms with van der Waals surface area (Å²) in [5.74, 6) is 1.61. The third kappa shape index (κ3) is 3.16. The normalized spacial score (nSPS) is 14.1. The Morgan fingerprint density at radius 3 is 2.22 bits per heavy atom. The molecule has 1 aromatic carbocycles. The summed E-state index contributed by atoms with van der Waals surface area (Å²) in [4.78, 5) is 0. The lowest BCUT2D eigenvalue weighted by Crippen LogP contribution is -2.11. The van der Waals surface area contributed by atoms with Crippen LogP contribution in [0.25, 0.3) is 0 Å². The lowest BCUT2D eigenvalue weighted by molar-refractivity contribution is 0.111. The molecule has 0 bridgehead atoms. The van der Waals surface area contributed by atoms with Gasteiger partial charge in [-0.1, -0.05) is 20.3 Å². The van der Waals surface area contributed by atoms with Crippen LogP contribution in [0.2, 0.25) is 0 Å². The molecule has 0 aliphatic rings. The molecule has 1 N–H and O–H groups in total. The first-order chi connectivity index (χ1) is 8.54. The average Bonchev–Trinajstić information content (AvgIpc) is 2.37. The van der Waals surface area contributed by atoms with E-state index in [1.807, 2.05) is 19.1 Å². The van der Waals surface area contributed by atoms with E-state index in [4.69, 9.17) is 9.47 Å². The molecule has 0 saturated carbocycles. The maximum Gasteiger partial charge on any atom is 0.161 e. The molecule has 0 fully saturated rings. The van der Waals surface area contributed by atoms with Crippen molar-refractivity contribution in [2.24, 2.45) is 5.92 Å². The maximum absolute atomic E-state index is 10.4. The van der Waals surface area contributed by atoms with E-state index in [9.17, 15) is 5.11 Å². The fraction of sp³-hybridized carbons (Fsp3) is 0.600. The first kappa shape index (κ1) is 14.8. The highest BCUT2D eigenvalue weighted by Crippen LogP contribution is 2.35. The zero-order chi connectivity index (χ0) is 13.7. The van der Waals surface area contributed by atoms with Crippen molar-refractivity contribution >= 4 is 0 Å². The van der Waals surface area contributed by atoms with Gasteiger partial charge in [0.15, 0.2) is 11.5 Å². The SMILES string of the molecule is CCCC(C)C(O)c1cc(OC)c(OC)cc1C. The summed E-state index contributed by atoms with van der Waals surface area (Å²) in [5, 5.41) is 10.4. The highest BCUT2D eigenvalue weighted by Gasteiger charge is 2.20. The van der Waals surface area contributed by atoms with E-state index in [1.54, 1.807) is 14.2 Å². The number of hydrogen-bond acceptors (Lipinski definition) is 3. The van der Waals surface area contributed by atoms with Crippen molar-refractivity contribution in [3.8, 4) is 11.5 Å². The van der Waals surface area contributed by atoms with Crippen LogP contribution in [0, 0.1) is 12.8 Å². The standard InChI is InChI=1S/C15H24O3/c1-6-7-10(2)15(16)12-9-14(18-5)13(17-4)8-11(12)3/h8-10,15-16H,6-7H2,1-5H3. The Kier molecular flexibility index (Phi) is 5.48. The van der Waals surface area contributed by atoms with Crippen molar-refractivity contribution in [2.45, 2.75) is 39.7 Å². The quantitative estimate of drug-likeness (QED) is 0.842. The van der Waals surface area contributed by atoms with Gasteiger partial charge in [0.25, 0.3) is 0 Å². The lowest BCUT2D eigenvalue weighted by atomic mass is 9.91. The van der Waals surface area contributed by atoms with E-state index in [2.05, 4.69) is 13.8 Å². The molecule has 3 nitrogen and oxygen atoms in total. The molecule has 0 spiro atoms. The molecule has 0 amide bonds. The van der Waals surface area contributed by atoms with E-state index < -0.39 is 6.10 Å². The van der Waals surface area contributed by atoms with Crippen LogP contribution >= 0.6 is 0 Å². The predicted octanol–water partition coefficient (Wildman–Crippen LogP) is 3.48. The van der Waals surface area contributed by atoms with Gasteiger partial charge in [-0.15, -0.1) is 0 Å². The highest BCUT2D eigenvalue weighted by atomic mass is 16.5. The van der Waals surface area contributed by atoms with Crippen molar-refractivity contribution in [3.63, 3.8) is 0 Å². The summed E-state index contributed by atoms with van der Waals surface area (Å²) >= 11 is 0. The number of methoxy groups -OCH3 is 2. The van der Waals surface area contributed by atoms with Gasteiger partial charge in [-0.3, -0.25) is 0 Å². The smallest absolute Gasteiger partial charge is 0.161 e. The minimum Gasteiger partial charge on any atom is -0.493 e. The second-order valence-corrected chi connectivity index (χ2v) is 4.77. The Balaban J connectivity index is 3.08. The number of aliphatic hydroxyl groups excluding tert-OH is 1. The van der Waals surface area contributed by atoms with Crippen LogP contribution in [0.1, 0.15) is 43.9 Å². The van der Waals surface area contributed by atoms with Gasteiger partial charge in [-0.2, -0.15) is 0 Å². The molecule has 0 saturated heterocycles. The molecule has 0 radical (unpaired) electrons. The van der Waals surface area contributed by atoms with E-state index in [0.29, 0.717) is 11.5 Å². The fourth-order valence-corrected chi connectivity index (χ4v) is 2.23. The van der Waals surface area contributed by atoms with Crippen molar-refractivity contribution in [1.82, 2.24) is 0 Å². The van der Waals surface area contributed by atoms with Gasteiger partial charge < -0.3 is 14.6 Å². The van der Waals surface area contributed by atoms with Gasteiger partial charge in [-0.05, 0) is 42.5 Å². The van der Waals surface area contributed by atoms with Gasteiger partial charge in [0.05, 0.1) is 20.3 Å². The molecule has 0 heterocycles. The Hall–Kier alpha value is -1.22. The first-order valence-corrected chi connectivity index (χ1v) is 6.45. The summed E-state index contributed by atoms with van der Waals surface area (Å²) in [6.45, 7) is 6.19. The Morgan fingerprint density at radius 2 is 1.72 bits per heavy atom. The predicted molar refractivity (Wildman–Crippen MR) is 73.3 cm³/mol. The number of benzene rings is 1. The molecule has 1 rings (SSSR count). The van der Waals surface area contributed by atoms with Crippen LogP contribution in [0.5, 0.6) is 11.5 Å². The number of rotatable bonds is 6. The summed E-state index contributed by atoms with van der Waals surface area (Å²) < 4.78 is 10.5. The molecular formula is C15H24O3. The molecule has 102 valence electrons. The van der Waals surface area contributed by atoms with Crippen molar-refractivity contribution < 1.29 is 14.6 Å². The Bertz CT molecular complexity index is 388. The van der Waals surface area contributed by atoms with Crippen LogP contribution in [-0.2, 0) is 0 Å². The molecule has 0 aromatic heterocycles. The van der Waals surface area contributed by atoms with Gasteiger partial charge in [0, 0.05) is 0 Å². The monoisotopic (exact) mass is 252 g/mol. The van der Waals surface area contributed by atoms with Crippen molar-refractivity contribution in [1.29, 1.82) is 0 Å². The molecule has 3 heteroatoms. The highest BCUT2D eigenvalue weighted by molar-refractivity contribution is 5.47. The van der Waals surface area contributed by atoms with Crippen LogP contribution < -0.4 is 9.47 Å². The minimum atomic E-state index is -0.454. The van der Waals surface area contributed by atoms with Gasteiger partial charge in [0.2, 0.25) is 0 Å². The van der Waals surface area contributed by atoms with E-state index in [-0.39, 0.29) is 5.92 Å². The zero-order valence-corrected chi connectivity index (χ0v) is 12.0. The average molecular weight is 252 g/mol. The summed E-state index contributed by atoms with van der Waals surface area (Å²) in [6.07, 6.45) is 1.63. The second-order valence-electron chi connectivity index (χ2n) is 4.77. The van der Waals surface area contributed by atoms with Crippen LogP contribution in [0.4, 0.5) is 0 Å². The van der Waals surface area contributed by atoms with E-state index in [1.165, 1.54) is 0 Å². The topological polar surface area (TPSA) is 38.7 Å². The molecule has 18 heavy (non-hydrogen) atoms. The van der Waals surface area contributed by atoms with Gasteiger partial charge in [-0.25, -0.2) is 0 Å². The number of aryl methyl sites for hydroxylation is 1. The molecular weight excluding hydrogens is 228 g/mol. The van der Waals surface area contributed by atoms with E-state index >= 15 is 0 Å². The minimum absolute atomic E-state index is 0.242. The van der Waals surface area contributed by atoms with Gasteiger partial charge in [0.1, 0.15) is 0 Å². The van der Waals surface area contributed by atoms with Crippen LogP contribution in [0.15, 0.2) is 12.1 Å². The molecule has 0 aliphatic heterocycles. The van der Waals surface area contributed by atoms with Crippen molar-refractivity contribution in [2.75, 3.05) is 14.2 Å².